The quantitative estimate of drug-likeness (QED) is 0.725. The van der Waals surface area contributed by atoms with Gasteiger partial charge in [0, 0.05) is 25.7 Å². The van der Waals surface area contributed by atoms with E-state index in [1.54, 1.807) is 0 Å². The first-order valence-electron chi connectivity index (χ1n) is 5.72. The van der Waals surface area contributed by atoms with Crippen molar-refractivity contribution in [3.05, 3.63) is 0 Å². The molecule has 0 bridgehead atoms. The SMILES string of the molecule is CNC(C)CN1CCCN(C)C(C)C1=O. The average molecular weight is 213 g/mol. The van der Waals surface area contributed by atoms with Crippen molar-refractivity contribution in [1.82, 2.24) is 15.1 Å². The Hall–Kier alpha value is -0.610. The molecule has 1 N–H and O–H groups in total. The summed E-state index contributed by atoms with van der Waals surface area (Å²) in [4.78, 5) is 16.2. The molecule has 4 heteroatoms. The molecule has 88 valence electrons. The predicted molar refractivity (Wildman–Crippen MR) is 61.8 cm³/mol. The molecule has 2 atom stereocenters. The molecule has 1 rings (SSSR count). The first-order chi connectivity index (χ1) is 7.06. The van der Waals surface area contributed by atoms with Gasteiger partial charge in [0.1, 0.15) is 0 Å². The normalized spacial score (nSPS) is 26.5. The van der Waals surface area contributed by atoms with Crippen LogP contribution in [-0.2, 0) is 4.79 Å². The van der Waals surface area contributed by atoms with Crippen LogP contribution in [0.4, 0.5) is 0 Å². The van der Waals surface area contributed by atoms with E-state index in [2.05, 4.69) is 17.1 Å². The van der Waals surface area contributed by atoms with Gasteiger partial charge in [-0.2, -0.15) is 0 Å². The zero-order valence-electron chi connectivity index (χ0n) is 10.3. The number of nitrogens with one attached hydrogen (secondary N) is 1. The standard InChI is InChI=1S/C11H23N3O/c1-9(12-3)8-14-7-5-6-13(4)10(2)11(14)15/h9-10,12H,5-8H2,1-4H3. The lowest BCUT2D eigenvalue weighted by molar-refractivity contribution is -0.134. The van der Waals surface area contributed by atoms with E-state index in [-0.39, 0.29) is 11.9 Å². The van der Waals surface area contributed by atoms with E-state index < -0.39 is 0 Å². The minimum absolute atomic E-state index is 0.0246. The Morgan fingerprint density at radius 2 is 2.20 bits per heavy atom. The third kappa shape index (κ3) is 3.18. The zero-order valence-corrected chi connectivity index (χ0v) is 10.3. The molecule has 0 aliphatic carbocycles. The van der Waals surface area contributed by atoms with Crippen molar-refractivity contribution in [2.24, 2.45) is 0 Å². The number of carbonyl (C=O) groups is 1. The van der Waals surface area contributed by atoms with Gasteiger partial charge < -0.3 is 10.2 Å². The van der Waals surface area contributed by atoms with Crippen LogP contribution in [0.2, 0.25) is 0 Å². The van der Waals surface area contributed by atoms with Crippen molar-refractivity contribution < 1.29 is 4.79 Å². The molecule has 0 radical (unpaired) electrons. The Morgan fingerprint density at radius 1 is 1.53 bits per heavy atom. The third-order valence-corrected chi connectivity index (χ3v) is 3.26. The zero-order chi connectivity index (χ0) is 11.4. The predicted octanol–water partition coefficient (Wildman–Crippen LogP) is 0.147. The van der Waals surface area contributed by atoms with Crippen LogP contribution in [0.5, 0.6) is 0 Å². The second-order valence-corrected chi connectivity index (χ2v) is 4.48. The van der Waals surface area contributed by atoms with Crippen LogP contribution in [0.15, 0.2) is 0 Å². The summed E-state index contributed by atoms with van der Waals surface area (Å²) in [6, 6.07) is 0.390. The van der Waals surface area contributed by atoms with E-state index >= 15 is 0 Å². The van der Waals surface area contributed by atoms with E-state index in [0.29, 0.717) is 6.04 Å². The van der Waals surface area contributed by atoms with Gasteiger partial charge in [-0.25, -0.2) is 0 Å². The summed E-state index contributed by atoms with van der Waals surface area (Å²) in [5, 5.41) is 3.17. The molecular weight excluding hydrogens is 190 g/mol. The fourth-order valence-electron chi connectivity index (χ4n) is 1.87. The van der Waals surface area contributed by atoms with Gasteiger partial charge in [0.15, 0.2) is 0 Å². The number of amides is 1. The van der Waals surface area contributed by atoms with Crippen LogP contribution in [0, 0.1) is 0 Å². The highest BCUT2D eigenvalue weighted by molar-refractivity contribution is 5.81. The molecule has 0 spiro atoms. The summed E-state index contributed by atoms with van der Waals surface area (Å²) in [5.74, 6) is 0.261. The molecule has 1 aliphatic rings. The summed E-state index contributed by atoms with van der Waals surface area (Å²) in [7, 11) is 3.95. The number of hydrogen-bond donors (Lipinski definition) is 1. The van der Waals surface area contributed by atoms with E-state index in [1.807, 2.05) is 25.9 Å². The van der Waals surface area contributed by atoms with Gasteiger partial charge in [0.05, 0.1) is 6.04 Å². The van der Waals surface area contributed by atoms with Crippen LogP contribution in [0.3, 0.4) is 0 Å². The van der Waals surface area contributed by atoms with Crippen LogP contribution < -0.4 is 5.32 Å². The fourth-order valence-corrected chi connectivity index (χ4v) is 1.87. The Kier molecular flexibility index (Phi) is 4.54. The smallest absolute Gasteiger partial charge is 0.239 e. The Morgan fingerprint density at radius 3 is 2.80 bits per heavy atom. The first kappa shape index (κ1) is 12.5. The number of carbonyl (C=O) groups excluding carboxylic acids is 1. The molecule has 1 saturated heterocycles. The molecule has 0 aromatic heterocycles. The van der Waals surface area contributed by atoms with Crippen molar-refractivity contribution in [2.45, 2.75) is 32.4 Å². The second kappa shape index (κ2) is 5.47. The summed E-state index contributed by atoms with van der Waals surface area (Å²) < 4.78 is 0. The van der Waals surface area contributed by atoms with Crippen molar-refractivity contribution in [3.8, 4) is 0 Å². The van der Waals surface area contributed by atoms with Gasteiger partial charge in [0.2, 0.25) is 5.91 Å². The van der Waals surface area contributed by atoms with E-state index in [1.165, 1.54) is 0 Å². The van der Waals surface area contributed by atoms with Crippen LogP contribution in [-0.4, -0.2) is 61.5 Å². The molecule has 4 nitrogen and oxygen atoms in total. The van der Waals surface area contributed by atoms with Crippen molar-refractivity contribution in [2.75, 3.05) is 33.7 Å². The van der Waals surface area contributed by atoms with E-state index in [9.17, 15) is 4.79 Å². The first-order valence-corrected chi connectivity index (χ1v) is 5.72. The van der Waals surface area contributed by atoms with Gasteiger partial charge in [-0.3, -0.25) is 9.69 Å². The molecule has 2 unspecified atom stereocenters. The summed E-state index contributed by atoms with van der Waals surface area (Å²) in [5.41, 5.74) is 0. The third-order valence-electron chi connectivity index (χ3n) is 3.26. The van der Waals surface area contributed by atoms with Crippen molar-refractivity contribution in [1.29, 1.82) is 0 Å². The van der Waals surface area contributed by atoms with Crippen molar-refractivity contribution >= 4 is 5.91 Å². The number of likely N-dealkylation sites (N-methyl/N-ethyl adjacent to an activating group) is 2. The van der Waals surface area contributed by atoms with Gasteiger partial charge in [-0.1, -0.05) is 0 Å². The molecular formula is C11H23N3O. The van der Waals surface area contributed by atoms with E-state index in [4.69, 9.17) is 0 Å². The van der Waals surface area contributed by atoms with Crippen LogP contribution in [0.1, 0.15) is 20.3 Å². The number of nitrogens with zero attached hydrogens (tertiary/aromatic N) is 2. The second-order valence-electron chi connectivity index (χ2n) is 4.48. The minimum atomic E-state index is 0.0246. The molecule has 1 fully saturated rings. The average Bonchev–Trinajstić information content (AvgIpc) is 2.34. The maximum absolute atomic E-state index is 12.1. The topological polar surface area (TPSA) is 35.6 Å². The highest BCUT2D eigenvalue weighted by atomic mass is 16.2. The maximum Gasteiger partial charge on any atom is 0.239 e. The largest absolute Gasteiger partial charge is 0.340 e. The van der Waals surface area contributed by atoms with Crippen LogP contribution in [0.25, 0.3) is 0 Å². The Labute approximate surface area is 92.6 Å². The molecule has 1 amide bonds. The van der Waals surface area contributed by atoms with Gasteiger partial charge in [0.25, 0.3) is 0 Å². The maximum atomic E-state index is 12.1. The molecule has 0 saturated carbocycles. The van der Waals surface area contributed by atoms with E-state index in [0.717, 1.165) is 26.1 Å². The van der Waals surface area contributed by atoms with Crippen LogP contribution >= 0.6 is 0 Å². The van der Waals surface area contributed by atoms with Gasteiger partial charge in [-0.15, -0.1) is 0 Å². The van der Waals surface area contributed by atoms with Gasteiger partial charge in [-0.05, 0) is 34.4 Å². The monoisotopic (exact) mass is 213 g/mol. The highest BCUT2D eigenvalue weighted by Gasteiger charge is 2.27. The lowest BCUT2D eigenvalue weighted by atomic mass is 10.2. The number of rotatable bonds is 3. The Balaban J connectivity index is 2.60. The fraction of sp³-hybridized carbons (Fsp3) is 0.909. The molecule has 1 heterocycles. The molecule has 15 heavy (non-hydrogen) atoms. The lowest BCUT2D eigenvalue weighted by Gasteiger charge is -2.27. The summed E-state index contributed by atoms with van der Waals surface area (Å²) in [6.45, 7) is 6.81. The van der Waals surface area contributed by atoms with Gasteiger partial charge >= 0.3 is 0 Å². The molecule has 0 aromatic carbocycles. The minimum Gasteiger partial charge on any atom is -0.340 e. The molecule has 1 aliphatic heterocycles. The Bertz CT molecular complexity index is 220. The summed E-state index contributed by atoms with van der Waals surface area (Å²) >= 11 is 0. The van der Waals surface area contributed by atoms with Crippen molar-refractivity contribution in [3.63, 3.8) is 0 Å². The molecule has 0 aromatic rings. The number of hydrogen-bond acceptors (Lipinski definition) is 3. The highest BCUT2D eigenvalue weighted by Crippen LogP contribution is 2.09. The lowest BCUT2D eigenvalue weighted by Crippen LogP contribution is -2.46. The summed E-state index contributed by atoms with van der Waals surface area (Å²) in [6.07, 6.45) is 1.07.